The van der Waals surface area contributed by atoms with Crippen LogP contribution in [0.3, 0.4) is 0 Å². The van der Waals surface area contributed by atoms with Gasteiger partial charge < -0.3 is 9.32 Å². The Kier molecular flexibility index (Phi) is 3.58. The van der Waals surface area contributed by atoms with Crippen molar-refractivity contribution in [3.05, 3.63) is 41.6 Å². The van der Waals surface area contributed by atoms with E-state index >= 15 is 0 Å². The molecule has 1 aromatic heterocycles. The van der Waals surface area contributed by atoms with Gasteiger partial charge in [0.15, 0.2) is 0 Å². The lowest BCUT2D eigenvalue weighted by Gasteiger charge is -2.35. The van der Waals surface area contributed by atoms with Crippen molar-refractivity contribution in [3.8, 4) is 0 Å². The summed E-state index contributed by atoms with van der Waals surface area (Å²) in [4.78, 5) is 4.85. The Morgan fingerprint density at radius 1 is 1.14 bits per heavy atom. The maximum Gasteiger partial charge on any atom is 0.230 e. The second-order valence-corrected chi connectivity index (χ2v) is 6.41. The van der Waals surface area contributed by atoms with Crippen molar-refractivity contribution in [1.29, 1.82) is 0 Å². The molecule has 2 heterocycles. The van der Waals surface area contributed by atoms with E-state index in [2.05, 4.69) is 51.2 Å². The molecule has 2 aromatic rings. The predicted molar refractivity (Wildman–Crippen MR) is 84.9 cm³/mol. The van der Waals surface area contributed by atoms with Crippen LogP contribution in [0.15, 0.2) is 28.7 Å². The van der Waals surface area contributed by atoms with Gasteiger partial charge >= 0.3 is 0 Å². The lowest BCUT2D eigenvalue weighted by Crippen LogP contribution is -2.46. The highest BCUT2D eigenvalue weighted by Crippen LogP contribution is 2.39. The highest BCUT2D eigenvalue weighted by atomic mass is 16.4. The zero-order chi connectivity index (χ0) is 14.9. The SMILES string of the molecule is Cc1cccc(N2CCN(Cc3nnc(C4CC4)o3)CC2)c1. The zero-order valence-electron chi connectivity index (χ0n) is 13.0. The predicted octanol–water partition coefficient (Wildman–Crippen LogP) is 2.58. The van der Waals surface area contributed by atoms with Gasteiger partial charge in [0.1, 0.15) is 0 Å². The molecule has 22 heavy (non-hydrogen) atoms. The van der Waals surface area contributed by atoms with Crippen molar-refractivity contribution < 1.29 is 4.42 Å². The van der Waals surface area contributed by atoms with E-state index in [9.17, 15) is 0 Å². The minimum Gasteiger partial charge on any atom is -0.424 e. The molecule has 1 aromatic carbocycles. The van der Waals surface area contributed by atoms with E-state index in [1.165, 1.54) is 24.1 Å². The van der Waals surface area contributed by atoms with Crippen LogP contribution in [0.1, 0.15) is 36.1 Å². The summed E-state index contributed by atoms with van der Waals surface area (Å²) in [5, 5.41) is 8.35. The third-order valence-corrected chi connectivity index (χ3v) is 4.51. The van der Waals surface area contributed by atoms with Gasteiger partial charge in [-0.05, 0) is 37.5 Å². The summed E-state index contributed by atoms with van der Waals surface area (Å²) in [5.74, 6) is 2.15. The number of piperazine rings is 1. The van der Waals surface area contributed by atoms with Crippen LogP contribution in [-0.2, 0) is 6.54 Å². The maximum atomic E-state index is 5.76. The quantitative estimate of drug-likeness (QED) is 0.868. The number of anilines is 1. The van der Waals surface area contributed by atoms with Crippen LogP contribution in [0.25, 0.3) is 0 Å². The Labute approximate surface area is 130 Å². The van der Waals surface area contributed by atoms with Gasteiger partial charge in [0.25, 0.3) is 0 Å². The Morgan fingerprint density at radius 2 is 1.95 bits per heavy atom. The van der Waals surface area contributed by atoms with E-state index in [0.717, 1.165) is 44.5 Å². The Balaban J connectivity index is 1.33. The molecule has 1 saturated carbocycles. The molecule has 0 unspecified atom stereocenters. The fourth-order valence-corrected chi connectivity index (χ4v) is 3.01. The van der Waals surface area contributed by atoms with Gasteiger partial charge in [-0.15, -0.1) is 10.2 Å². The normalized spacial score (nSPS) is 19.6. The van der Waals surface area contributed by atoms with E-state index in [0.29, 0.717) is 5.92 Å². The van der Waals surface area contributed by atoms with Gasteiger partial charge in [-0.25, -0.2) is 0 Å². The van der Waals surface area contributed by atoms with Crippen LogP contribution < -0.4 is 4.90 Å². The maximum absolute atomic E-state index is 5.76. The summed E-state index contributed by atoms with van der Waals surface area (Å²) < 4.78 is 5.76. The van der Waals surface area contributed by atoms with Gasteiger partial charge in [-0.2, -0.15) is 0 Å². The topological polar surface area (TPSA) is 45.4 Å². The zero-order valence-corrected chi connectivity index (χ0v) is 13.0. The first kappa shape index (κ1) is 13.8. The summed E-state index contributed by atoms with van der Waals surface area (Å²) in [6.45, 7) is 7.10. The first-order valence-corrected chi connectivity index (χ1v) is 8.14. The molecular weight excluding hydrogens is 276 g/mol. The van der Waals surface area contributed by atoms with Crippen molar-refractivity contribution in [3.63, 3.8) is 0 Å². The molecule has 1 saturated heterocycles. The first-order chi connectivity index (χ1) is 10.8. The second-order valence-electron chi connectivity index (χ2n) is 6.41. The minimum atomic E-state index is 0.541. The van der Waals surface area contributed by atoms with E-state index in [4.69, 9.17) is 4.42 Å². The molecule has 4 rings (SSSR count). The minimum absolute atomic E-state index is 0.541. The summed E-state index contributed by atoms with van der Waals surface area (Å²) >= 11 is 0. The fourth-order valence-electron chi connectivity index (χ4n) is 3.01. The lowest BCUT2D eigenvalue weighted by atomic mass is 10.2. The molecule has 0 amide bonds. The van der Waals surface area contributed by atoms with Crippen LogP contribution >= 0.6 is 0 Å². The van der Waals surface area contributed by atoms with Crippen LogP contribution in [0.5, 0.6) is 0 Å². The average Bonchev–Trinajstić information content (AvgIpc) is 3.28. The standard InChI is InChI=1S/C17H22N4O/c1-13-3-2-4-15(11-13)21-9-7-20(8-10-21)12-16-18-19-17(22-16)14-5-6-14/h2-4,11,14H,5-10,12H2,1H3. The van der Waals surface area contributed by atoms with Gasteiger partial charge in [0.2, 0.25) is 11.8 Å². The molecule has 0 bridgehead atoms. The van der Waals surface area contributed by atoms with Crippen molar-refractivity contribution in [2.24, 2.45) is 0 Å². The third-order valence-electron chi connectivity index (χ3n) is 4.51. The summed E-state index contributed by atoms with van der Waals surface area (Å²) in [6.07, 6.45) is 2.41. The smallest absolute Gasteiger partial charge is 0.230 e. The van der Waals surface area contributed by atoms with Crippen molar-refractivity contribution in [2.45, 2.75) is 32.2 Å². The van der Waals surface area contributed by atoms with Gasteiger partial charge in [0.05, 0.1) is 6.54 Å². The number of rotatable bonds is 4. The summed E-state index contributed by atoms with van der Waals surface area (Å²) in [5.41, 5.74) is 2.65. The van der Waals surface area contributed by atoms with Crippen LogP contribution in [0, 0.1) is 6.92 Å². The summed E-state index contributed by atoms with van der Waals surface area (Å²) in [6, 6.07) is 8.74. The molecule has 5 nitrogen and oxygen atoms in total. The highest BCUT2D eigenvalue weighted by Gasteiger charge is 2.29. The van der Waals surface area contributed by atoms with E-state index in [-0.39, 0.29) is 0 Å². The van der Waals surface area contributed by atoms with Crippen LogP contribution in [0.4, 0.5) is 5.69 Å². The molecule has 0 spiro atoms. The molecule has 1 aliphatic carbocycles. The van der Waals surface area contributed by atoms with Crippen molar-refractivity contribution in [1.82, 2.24) is 15.1 Å². The molecule has 1 aliphatic heterocycles. The number of aryl methyl sites for hydroxylation is 1. The molecule has 116 valence electrons. The largest absolute Gasteiger partial charge is 0.424 e. The molecule has 0 atom stereocenters. The monoisotopic (exact) mass is 298 g/mol. The molecule has 5 heteroatoms. The summed E-state index contributed by atoms with van der Waals surface area (Å²) in [7, 11) is 0. The van der Waals surface area contributed by atoms with Crippen LogP contribution in [0.2, 0.25) is 0 Å². The lowest BCUT2D eigenvalue weighted by molar-refractivity contribution is 0.224. The molecule has 0 radical (unpaired) electrons. The van der Waals surface area contributed by atoms with Crippen LogP contribution in [-0.4, -0.2) is 41.3 Å². The van der Waals surface area contributed by atoms with Crippen molar-refractivity contribution >= 4 is 5.69 Å². The number of aromatic nitrogens is 2. The molecule has 2 aliphatic rings. The molecule has 2 fully saturated rings. The Bertz CT molecular complexity index is 642. The van der Waals surface area contributed by atoms with E-state index < -0.39 is 0 Å². The highest BCUT2D eigenvalue weighted by molar-refractivity contribution is 5.48. The number of hydrogen-bond acceptors (Lipinski definition) is 5. The number of hydrogen-bond donors (Lipinski definition) is 0. The Morgan fingerprint density at radius 3 is 2.68 bits per heavy atom. The van der Waals surface area contributed by atoms with Gasteiger partial charge in [0, 0.05) is 37.8 Å². The first-order valence-electron chi connectivity index (χ1n) is 8.14. The second kappa shape index (κ2) is 5.72. The average molecular weight is 298 g/mol. The Hall–Kier alpha value is -1.88. The van der Waals surface area contributed by atoms with Gasteiger partial charge in [-0.3, -0.25) is 4.90 Å². The van der Waals surface area contributed by atoms with E-state index in [1.807, 2.05) is 0 Å². The number of nitrogens with zero attached hydrogens (tertiary/aromatic N) is 4. The van der Waals surface area contributed by atoms with Crippen molar-refractivity contribution in [2.75, 3.05) is 31.1 Å². The fraction of sp³-hybridized carbons (Fsp3) is 0.529. The third kappa shape index (κ3) is 2.99. The molecule has 0 N–H and O–H groups in total. The van der Waals surface area contributed by atoms with E-state index in [1.54, 1.807) is 0 Å². The molecular formula is C17H22N4O. The number of benzene rings is 1. The van der Waals surface area contributed by atoms with Gasteiger partial charge in [-0.1, -0.05) is 12.1 Å².